The lowest BCUT2D eigenvalue weighted by molar-refractivity contribution is 0.0948. The number of carbonyl (C=O) groups excluding carboxylic acids is 1. The molecule has 1 unspecified atom stereocenters. The zero-order valence-electron chi connectivity index (χ0n) is 9.86. The summed E-state index contributed by atoms with van der Waals surface area (Å²) in [6.07, 6.45) is 1.72. The van der Waals surface area contributed by atoms with Gasteiger partial charge in [-0.15, -0.1) is 12.4 Å². The molecule has 5 nitrogen and oxygen atoms in total. The Morgan fingerprint density at radius 1 is 1.69 bits per heavy atom. The molecule has 0 aliphatic carbocycles. The van der Waals surface area contributed by atoms with Gasteiger partial charge >= 0.3 is 0 Å². The van der Waals surface area contributed by atoms with Crippen LogP contribution >= 0.6 is 12.4 Å². The predicted octanol–water partition coefficient (Wildman–Crippen LogP) is 0.475. The first-order valence-corrected chi connectivity index (χ1v) is 5.03. The van der Waals surface area contributed by atoms with E-state index in [1.54, 1.807) is 17.9 Å². The second-order valence-corrected chi connectivity index (χ2v) is 3.85. The lowest BCUT2D eigenvalue weighted by Gasteiger charge is -2.09. The summed E-state index contributed by atoms with van der Waals surface area (Å²) in [7, 11) is 1.80. The quantitative estimate of drug-likeness (QED) is 0.812. The van der Waals surface area contributed by atoms with Crippen molar-refractivity contribution in [3.05, 3.63) is 17.5 Å². The zero-order valence-corrected chi connectivity index (χ0v) is 10.7. The van der Waals surface area contributed by atoms with E-state index in [1.807, 2.05) is 13.8 Å². The minimum Gasteiger partial charge on any atom is -0.352 e. The van der Waals surface area contributed by atoms with E-state index in [0.29, 0.717) is 24.6 Å². The molecule has 16 heavy (non-hydrogen) atoms. The Balaban J connectivity index is 0.00000225. The Kier molecular flexibility index (Phi) is 6.06. The molecule has 6 heteroatoms. The molecule has 1 atom stereocenters. The van der Waals surface area contributed by atoms with Crippen LogP contribution in [0.5, 0.6) is 0 Å². The molecule has 0 saturated carbocycles. The first kappa shape index (κ1) is 14.9. The molecule has 3 N–H and O–H groups in total. The minimum absolute atomic E-state index is 0. The van der Waals surface area contributed by atoms with Crippen molar-refractivity contribution in [2.45, 2.75) is 13.8 Å². The van der Waals surface area contributed by atoms with Gasteiger partial charge in [-0.3, -0.25) is 9.48 Å². The van der Waals surface area contributed by atoms with Crippen molar-refractivity contribution in [3.8, 4) is 0 Å². The molecular formula is C10H19ClN4O. The lowest BCUT2D eigenvalue weighted by atomic mass is 10.2. The number of nitrogens with two attached hydrogens (primary N) is 1. The van der Waals surface area contributed by atoms with Crippen molar-refractivity contribution >= 4 is 18.3 Å². The van der Waals surface area contributed by atoms with Gasteiger partial charge in [-0.25, -0.2) is 0 Å². The molecule has 1 amide bonds. The normalized spacial score (nSPS) is 11.8. The van der Waals surface area contributed by atoms with E-state index in [9.17, 15) is 4.79 Å². The maximum Gasteiger partial charge on any atom is 0.254 e. The van der Waals surface area contributed by atoms with Crippen molar-refractivity contribution in [2.24, 2.45) is 18.7 Å². The van der Waals surface area contributed by atoms with Crippen LogP contribution in [0.1, 0.15) is 23.0 Å². The number of nitrogens with zero attached hydrogens (tertiary/aromatic N) is 2. The number of aryl methyl sites for hydroxylation is 2. The van der Waals surface area contributed by atoms with Gasteiger partial charge in [0.2, 0.25) is 0 Å². The van der Waals surface area contributed by atoms with Crippen LogP contribution in [0, 0.1) is 12.8 Å². The highest BCUT2D eigenvalue weighted by molar-refractivity contribution is 5.94. The molecule has 0 fully saturated rings. The fourth-order valence-electron chi connectivity index (χ4n) is 1.27. The topological polar surface area (TPSA) is 72.9 Å². The van der Waals surface area contributed by atoms with Crippen molar-refractivity contribution in [1.29, 1.82) is 0 Å². The zero-order chi connectivity index (χ0) is 11.4. The minimum atomic E-state index is -0.0825. The molecule has 0 aliphatic heterocycles. The summed E-state index contributed by atoms with van der Waals surface area (Å²) in [5.74, 6) is 0.215. The summed E-state index contributed by atoms with van der Waals surface area (Å²) < 4.78 is 1.64. The Labute approximate surface area is 102 Å². The Morgan fingerprint density at radius 2 is 2.31 bits per heavy atom. The summed E-state index contributed by atoms with van der Waals surface area (Å²) in [4.78, 5) is 11.7. The lowest BCUT2D eigenvalue weighted by Crippen LogP contribution is -2.31. The van der Waals surface area contributed by atoms with E-state index in [4.69, 9.17) is 5.73 Å². The van der Waals surface area contributed by atoms with E-state index in [0.717, 1.165) is 5.69 Å². The molecule has 92 valence electrons. The van der Waals surface area contributed by atoms with Crippen LogP contribution < -0.4 is 11.1 Å². The third-order valence-corrected chi connectivity index (χ3v) is 2.27. The van der Waals surface area contributed by atoms with Crippen LogP contribution in [0.3, 0.4) is 0 Å². The molecule has 0 aromatic carbocycles. The number of aromatic nitrogens is 2. The Hall–Kier alpha value is -1.07. The van der Waals surface area contributed by atoms with Gasteiger partial charge in [0.05, 0.1) is 11.3 Å². The number of halogens is 1. The van der Waals surface area contributed by atoms with Crippen LogP contribution in [0.4, 0.5) is 0 Å². The van der Waals surface area contributed by atoms with E-state index in [1.165, 1.54) is 0 Å². The van der Waals surface area contributed by atoms with Gasteiger partial charge < -0.3 is 11.1 Å². The molecule has 0 radical (unpaired) electrons. The second kappa shape index (κ2) is 6.50. The van der Waals surface area contributed by atoms with Gasteiger partial charge in [0, 0.05) is 19.8 Å². The van der Waals surface area contributed by atoms with Crippen LogP contribution in [-0.2, 0) is 7.05 Å². The molecule has 1 rings (SSSR count). The molecule has 1 aromatic rings. The maximum atomic E-state index is 11.7. The van der Waals surface area contributed by atoms with Gasteiger partial charge in [-0.2, -0.15) is 5.10 Å². The van der Waals surface area contributed by atoms with Gasteiger partial charge in [0.1, 0.15) is 0 Å². The molecule has 1 heterocycles. The fourth-order valence-corrected chi connectivity index (χ4v) is 1.27. The highest BCUT2D eigenvalue weighted by Crippen LogP contribution is 2.04. The Bertz CT molecular complexity index is 351. The molecule has 0 spiro atoms. The van der Waals surface area contributed by atoms with Crippen molar-refractivity contribution < 1.29 is 4.79 Å². The van der Waals surface area contributed by atoms with Crippen LogP contribution in [0.25, 0.3) is 0 Å². The standard InChI is InChI=1S/C10H18N4O.ClH/c1-7(4-11)5-12-10(15)9-6-14(3)13-8(9)2;/h6-7H,4-5,11H2,1-3H3,(H,12,15);1H. The van der Waals surface area contributed by atoms with Crippen LogP contribution in [-0.4, -0.2) is 28.8 Å². The van der Waals surface area contributed by atoms with Crippen LogP contribution in [0.15, 0.2) is 6.20 Å². The SMILES string of the molecule is Cc1nn(C)cc1C(=O)NCC(C)CN.Cl. The largest absolute Gasteiger partial charge is 0.352 e. The highest BCUT2D eigenvalue weighted by Gasteiger charge is 2.12. The number of hydrogen-bond acceptors (Lipinski definition) is 3. The number of rotatable bonds is 4. The molecule has 0 bridgehead atoms. The fraction of sp³-hybridized carbons (Fsp3) is 0.600. The number of amides is 1. The summed E-state index contributed by atoms with van der Waals surface area (Å²) in [5.41, 5.74) is 6.84. The predicted molar refractivity (Wildman–Crippen MR) is 65.7 cm³/mol. The van der Waals surface area contributed by atoms with E-state index >= 15 is 0 Å². The smallest absolute Gasteiger partial charge is 0.254 e. The van der Waals surface area contributed by atoms with E-state index in [-0.39, 0.29) is 18.3 Å². The number of carbonyl (C=O) groups is 1. The second-order valence-electron chi connectivity index (χ2n) is 3.85. The summed E-state index contributed by atoms with van der Waals surface area (Å²) in [5, 5.41) is 6.94. The maximum absolute atomic E-state index is 11.7. The third-order valence-electron chi connectivity index (χ3n) is 2.27. The number of hydrogen-bond donors (Lipinski definition) is 2. The highest BCUT2D eigenvalue weighted by atomic mass is 35.5. The molecule has 0 aliphatic rings. The first-order chi connectivity index (χ1) is 7.04. The summed E-state index contributed by atoms with van der Waals surface area (Å²) in [6.45, 7) is 4.99. The van der Waals surface area contributed by atoms with E-state index < -0.39 is 0 Å². The average Bonchev–Trinajstić information content (AvgIpc) is 2.53. The van der Waals surface area contributed by atoms with Crippen molar-refractivity contribution in [2.75, 3.05) is 13.1 Å². The van der Waals surface area contributed by atoms with Crippen molar-refractivity contribution in [1.82, 2.24) is 15.1 Å². The van der Waals surface area contributed by atoms with Gasteiger partial charge in [0.25, 0.3) is 5.91 Å². The van der Waals surface area contributed by atoms with Gasteiger partial charge in [-0.1, -0.05) is 6.92 Å². The average molecular weight is 247 g/mol. The van der Waals surface area contributed by atoms with Crippen LogP contribution in [0.2, 0.25) is 0 Å². The summed E-state index contributed by atoms with van der Waals surface area (Å²) >= 11 is 0. The Morgan fingerprint density at radius 3 is 2.75 bits per heavy atom. The molecule has 1 aromatic heterocycles. The first-order valence-electron chi connectivity index (χ1n) is 5.03. The van der Waals surface area contributed by atoms with Gasteiger partial charge in [0.15, 0.2) is 0 Å². The molecular weight excluding hydrogens is 228 g/mol. The molecule has 0 saturated heterocycles. The van der Waals surface area contributed by atoms with Crippen molar-refractivity contribution in [3.63, 3.8) is 0 Å². The third kappa shape index (κ3) is 3.83. The van der Waals surface area contributed by atoms with Gasteiger partial charge in [-0.05, 0) is 19.4 Å². The summed E-state index contributed by atoms with van der Waals surface area (Å²) in [6, 6.07) is 0. The monoisotopic (exact) mass is 246 g/mol. The number of nitrogens with one attached hydrogen (secondary N) is 1. The van der Waals surface area contributed by atoms with E-state index in [2.05, 4.69) is 10.4 Å².